The lowest BCUT2D eigenvalue weighted by molar-refractivity contribution is -0.150. The molecule has 0 aliphatic carbocycles. The fraction of sp³-hybridized carbons (Fsp3) is 0.600. The molecule has 0 spiro atoms. The molecule has 0 heterocycles. The number of carbonyl (C=O) groups excluding carboxylic acids is 2. The van der Waals surface area contributed by atoms with Crippen LogP contribution < -0.4 is 15.4 Å². The van der Waals surface area contributed by atoms with Crippen LogP contribution in [0.3, 0.4) is 0 Å². The lowest BCUT2D eigenvalue weighted by atomic mass is 10.2. The number of carbonyl (C=O) groups is 2. The molecule has 1 amide bonds. The van der Waals surface area contributed by atoms with Gasteiger partial charge < -0.3 is 29.6 Å². The highest BCUT2D eigenvalue weighted by molar-refractivity contribution is 7.80. The van der Waals surface area contributed by atoms with Gasteiger partial charge in [-0.25, -0.2) is 4.79 Å². The predicted molar refractivity (Wildman–Crippen MR) is 122 cm³/mol. The maximum absolute atomic E-state index is 12.3. The maximum atomic E-state index is 12.3. The summed E-state index contributed by atoms with van der Waals surface area (Å²) >= 11 is 3.94. The summed E-state index contributed by atoms with van der Waals surface area (Å²) in [4.78, 5) is 26.3. The van der Waals surface area contributed by atoms with Crippen LogP contribution in [0.4, 0.5) is 0 Å². The number of hydrogen-bond donors (Lipinski definition) is 3. The van der Waals surface area contributed by atoms with Crippen LogP contribution in [0.2, 0.25) is 0 Å². The number of thiol groups is 1. The number of nitrogens with zero attached hydrogens (tertiary/aromatic N) is 3. The zero-order valence-corrected chi connectivity index (χ0v) is 19.4. The summed E-state index contributed by atoms with van der Waals surface area (Å²) in [5.74, 6) is -0.325. The molecule has 32 heavy (non-hydrogen) atoms. The van der Waals surface area contributed by atoms with Crippen molar-refractivity contribution in [2.75, 3.05) is 39.5 Å². The van der Waals surface area contributed by atoms with Crippen LogP contribution in [0, 0.1) is 0 Å². The Kier molecular flexibility index (Phi) is 13.9. The number of benzene rings is 1. The van der Waals surface area contributed by atoms with Crippen molar-refractivity contribution in [1.82, 2.24) is 10.6 Å². The van der Waals surface area contributed by atoms with Gasteiger partial charge in [0.15, 0.2) is 6.23 Å². The van der Waals surface area contributed by atoms with Gasteiger partial charge in [-0.05, 0) is 30.7 Å². The van der Waals surface area contributed by atoms with E-state index in [0.717, 1.165) is 0 Å². The molecule has 0 saturated carbocycles. The third kappa shape index (κ3) is 13.0. The number of rotatable bonds is 16. The average Bonchev–Trinajstić information content (AvgIpc) is 2.74. The van der Waals surface area contributed by atoms with E-state index in [2.05, 4.69) is 33.3 Å². The van der Waals surface area contributed by atoms with E-state index >= 15 is 0 Å². The summed E-state index contributed by atoms with van der Waals surface area (Å²) < 4.78 is 20.9. The van der Waals surface area contributed by atoms with Crippen molar-refractivity contribution in [3.05, 3.63) is 40.3 Å². The molecule has 0 bridgehead atoms. The second kappa shape index (κ2) is 16.2. The number of hydrogen-bond acceptors (Lipinski definition) is 9. The van der Waals surface area contributed by atoms with Crippen molar-refractivity contribution in [1.29, 1.82) is 0 Å². The normalized spacial score (nSPS) is 12.5. The Morgan fingerprint density at radius 2 is 2.00 bits per heavy atom. The molecule has 1 aromatic rings. The topological polar surface area (TPSA) is 144 Å². The van der Waals surface area contributed by atoms with Gasteiger partial charge in [-0.1, -0.05) is 25.0 Å². The van der Waals surface area contributed by atoms with Crippen molar-refractivity contribution < 1.29 is 28.5 Å². The first kappa shape index (κ1) is 27.5. The Hall–Kier alpha value is -2.50. The van der Waals surface area contributed by atoms with Crippen LogP contribution in [0.15, 0.2) is 29.4 Å². The monoisotopic (exact) mass is 469 g/mol. The van der Waals surface area contributed by atoms with E-state index in [-0.39, 0.29) is 32.3 Å². The lowest BCUT2D eigenvalue weighted by Crippen LogP contribution is -2.34. The van der Waals surface area contributed by atoms with Gasteiger partial charge in [0, 0.05) is 29.6 Å². The standard InChI is InChI=1S/C20H31N5O6S/c1-14(2)22-7-8-23-20(27)16-5-4-6-17(11-16)30-12-18(24-25-21)29-10-9-28-13-19(26)31-15(3)32/h4-6,11,14-15,18,22,32H,7-10,12-13H2,1-3H3,(H,23,27). The zero-order chi connectivity index (χ0) is 23.8. The van der Waals surface area contributed by atoms with Crippen LogP contribution in [-0.4, -0.2) is 69.1 Å². The first-order chi connectivity index (χ1) is 15.3. The highest BCUT2D eigenvalue weighted by atomic mass is 32.1. The molecule has 2 N–H and O–H groups in total. The summed E-state index contributed by atoms with van der Waals surface area (Å²) in [6, 6.07) is 6.99. The Balaban J connectivity index is 2.41. The molecule has 1 rings (SSSR count). The molecule has 11 nitrogen and oxygen atoms in total. The zero-order valence-electron chi connectivity index (χ0n) is 18.5. The van der Waals surface area contributed by atoms with Crippen LogP contribution in [0.5, 0.6) is 5.75 Å². The largest absolute Gasteiger partial charge is 0.491 e. The minimum Gasteiger partial charge on any atom is -0.491 e. The van der Waals surface area contributed by atoms with E-state index in [1.165, 1.54) is 0 Å². The van der Waals surface area contributed by atoms with E-state index in [1.807, 2.05) is 13.8 Å². The number of ether oxygens (including phenoxy) is 4. The van der Waals surface area contributed by atoms with Crippen molar-refractivity contribution in [2.45, 2.75) is 38.5 Å². The van der Waals surface area contributed by atoms with E-state index < -0.39 is 17.6 Å². The second-order valence-corrected chi connectivity index (χ2v) is 7.60. The van der Waals surface area contributed by atoms with Gasteiger partial charge >= 0.3 is 5.97 Å². The van der Waals surface area contributed by atoms with E-state index in [9.17, 15) is 9.59 Å². The molecule has 0 aliphatic heterocycles. The fourth-order valence-corrected chi connectivity index (χ4v) is 2.45. The van der Waals surface area contributed by atoms with Gasteiger partial charge in [0.1, 0.15) is 24.4 Å². The number of amides is 1. The minimum absolute atomic E-state index is 0.0628. The maximum Gasteiger partial charge on any atom is 0.333 e. The summed E-state index contributed by atoms with van der Waals surface area (Å²) in [5, 5.41) is 9.57. The van der Waals surface area contributed by atoms with Crippen molar-refractivity contribution in [3.63, 3.8) is 0 Å². The van der Waals surface area contributed by atoms with Crippen LogP contribution >= 0.6 is 12.6 Å². The van der Waals surface area contributed by atoms with Crippen LogP contribution in [0.1, 0.15) is 31.1 Å². The first-order valence-corrected chi connectivity index (χ1v) is 10.7. The average molecular weight is 470 g/mol. The van der Waals surface area contributed by atoms with E-state index in [4.69, 9.17) is 24.5 Å². The van der Waals surface area contributed by atoms with Crippen LogP contribution in [0.25, 0.3) is 10.4 Å². The van der Waals surface area contributed by atoms with Gasteiger partial charge in [-0.3, -0.25) is 4.79 Å². The molecular weight excluding hydrogens is 438 g/mol. The quantitative estimate of drug-likeness (QED) is 0.0641. The highest BCUT2D eigenvalue weighted by Gasteiger charge is 2.11. The van der Waals surface area contributed by atoms with Gasteiger partial charge in [0.05, 0.1) is 13.2 Å². The van der Waals surface area contributed by atoms with Gasteiger partial charge in [-0.15, -0.1) is 12.6 Å². The van der Waals surface area contributed by atoms with Gasteiger partial charge in [-0.2, -0.15) is 0 Å². The van der Waals surface area contributed by atoms with Crippen molar-refractivity contribution in [3.8, 4) is 5.75 Å². The molecular formula is C20H31N5O6S. The molecule has 0 saturated heterocycles. The van der Waals surface area contributed by atoms with E-state index in [0.29, 0.717) is 30.4 Å². The second-order valence-electron chi connectivity index (χ2n) is 6.88. The van der Waals surface area contributed by atoms with Crippen molar-refractivity contribution >= 4 is 24.5 Å². The smallest absolute Gasteiger partial charge is 0.333 e. The molecule has 0 fully saturated rings. The minimum atomic E-state index is -0.910. The molecule has 178 valence electrons. The fourth-order valence-electron chi connectivity index (χ4n) is 2.33. The molecule has 2 atom stereocenters. The lowest BCUT2D eigenvalue weighted by Gasteiger charge is -2.15. The summed E-state index contributed by atoms with van der Waals surface area (Å²) in [7, 11) is 0. The number of esters is 1. The first-order valence-electron chi connectivity index (χ1n) is 10.2. The molecule has 0 aliphatic rings. The molecule has 0 aromatic heterocycles. The molecule has 0 radical (unpaired) electrons. The van der Waals surface area contributed by atoms with Crippen LogP contribution in [-0.2, 0) is 19.0 Å². The summed E-state index contributed by atoms with van der Waals surface area (Å²) in [5.41, 5.74) is 8.65. The van der Waals surface area contributed by atoms with Gasteiger partial charge in [0.25, 0.3) is 5.91 Å². The Morgan fingerprint density at radius 3 is 2.69 bits per heavy atom. The molecule has 2 unspecified atom stereocenters. The third-order valence-electron chi connectivity index (χ3n) is 3.69. The Labute approximate surface area is 193 Å². The number of azide groups is 1. The van der Waals surface area contributed by atoms with Crippen molar-refractivity contribution in [2.24, 2.45) is 5.11 Å². The summed E-state index contributed by atoms with van der Waals surface area (Å²) in [6.07, 6.45) is -0.910. The molecule has 12 heteroatoms. The van der Waals surface area contributed by atoms with Gasteiger partial charge in [0.2, 0.25) is 0 Å². The summed E-state index contributed by atoms with van der Waals surface area (Å²) in [6.45, 7) is 6.72. The highest BCUT2D eigenvalue weighted by Crippen LogP contribution is 2.14. The SMILES string of the molecule is CC(C)NCCNC(=O)c1cccc(OCC(N=[N+]=[N-])OCCOCC(=O)OC(C)S)c1. The van der Waals surface area contributed by atoms with E-state index in [1.54, 1.807) is 31.2 Å². The Morgan fingerprint density at radius 1 is 1.22 bits per heavy atom. The Bertz CT molecular complexity index is 758. The molecule has 1 aromatic carbocycles. The predicted octanol–water partition coefficient (Wildman–Crippen LogP) is 2.28. The number of nitrogens with one attached hydrogen (secondary N) is 2. The third-order valence-corrected chi connectivity index (χ3v) is 3.80.